The van der Waals surface area contributed by atoms with Gasteiger partial charge < -0.3 is 11.1 Å². The van der Waals surface area contributed by atoms with Crippen LogP contribution in [0.2, 0.25) is 0 Å². The highest BCUT2D eigenvalue weighted by atomic mass is 32.2. The van der Waals surface area contributed by atoms with Crippen molar-refractivity contribution in [3.05, 3.63) is 17.0 Å². The molecule has 8 heteroatoms. The molecular formula is C17H29N3O3S2. The monoisotopic (exact) mass is 387 g/mol. The summed E-state index contributed by atoms with van der Waals surface area (Å²) >= 11 is 1.26. The van der Waals surface area contributed by atoms with Crippen molar-refractivity contribution in [1.82, 2.24) is 10.0 Å². The fraction of sp³-hybridized carbons (Fsp3) is 0.706. The molecule has 0 aliphatic heterocycles. The summed E-state index contributed by atoms with van der Waals surface area (Å²) in [5.74, 6) is 0.363. The molecule has 0 bridgehead atoms. The molecule has 2 rings (SSSR count). The first-order valence-electron chi connectivity index (χ1n) is 8.86. The number of sulfonamides is 1. The van der Waals surface area contributed by atoms with E-state index in [2.05, 4.69) is 10.0 Å². The van der Waals surface area contributed by atoms with Crippen LogP contribution < -0.4 is 15.8 Å². The summed E-state index contributed by atoms with van der Waals surface area (Å²) in [6, 6.07) is 3.45. The van der Waals surface area contributed by atoms with E-state index in [0.717, 1.165) is 30.6 Å². The van der Waals surface area contributed by atoms with Crippen molar-refractivity contribution in [2.24, 2.45) is 11.7 Å². The van der Waals surface area contributed by atoms with E-state index in [1.807, 2.05) is 19.9 Å². The summed E-state index contributed by atoms with van der Waals surface area (Å²) in [6.45, 7) is 4.85. The summed E-state index contributed by atoms with van der Waals surface area (Å²) in [5.41, 5.74) is 5.33. The van der Waals surface area contributed by atoms with Crippen LogP contribution >= 0.6 is 11.3 Å². The Morgan fingerprint density at radius 3 is 2.60 bits per heavy atom. The molecule has 1 heterocycles. The Bertz CT molecular complexity index is 677. The molecule has 0 spiro atoms. The van der Waals surface area contributed by atoms with Crippen LogP contribution in [0.5, 0.6) is 0 Å². The molecule has 1 fully saturated rings. The van der Waals surface area contributed by atoms with Crippen molar-refractivity contribution < 1.29 is 13.2 Å². The van der Waals surface area contributed by atoms with Crippen LogP contribution in [0.1, 0.15) is 50.8 Å². The topological polar surface area (TPSA) is 101 Å². The molecule has 1 aliphatic rings. The van der Waals surface area contributed by atoms with Gasteiger partial charge in [0.2, 0.25) is 5.91 Å². The molecule has 0 saturated heterocycles. The van der Waals surface area contributed by atoms with E-state index >= 15 is 0 Å². The molecule has 1 amide bonds. The Kier molecular flexibility index (Phi) is 7.01. The molecule has 25 heavy (non-hydrogen) atoms. The number of amides is 1. The van der Waals surface area contributed by atoms with E-state index in [9.17, 15) is 13.2 Å². The van der Waals surface area contributed by atoms with Gasteiger partial charge in [0, 0.05) is 29.9 Å². The Morgan fingerprint density at radius 1 is 1.32 bits per heavy atom. The van der Waals surface area contributed by atoms with Crippen molar-refractivity contribution >= 4 is 27.3 Å². The van der Waals surface area contributed by atoms with Crippen LogP contribution in [0, 0.1) is 5.92 Å². The lowest BCUT2D eigenvalue weighted by atomic mass is 10.0. The number of hydrogen-bond donors (Lipinski definition) is 3. The summed E-state index contributed by atoms with van der Waals surface area (Å²) in [6.07, 6.45) is 4.74. The number of carbonyl (C=O) groups excluding carboxylic acids is 1. The minimum Gasteiger partial charge on any atom is -0.356 e. The molecule has 1 aliphatic carbocycles. The number of nitrogens with two attached hydrogens (primary N) is 1. The van der Waals surface area contributed by atoms with Gasteiger partial charge in [0.05, 0.1) is 0 Å². The van der Waals surface area contributed by atoms with E-state index in [0.29, 0.717) is 36.1 Å². The Balaban J connectivity index is 1.92. The van der Waals surface area contributed by atoms with Crippen molar-refractivity contribution in [1.29, 1.82) is 0 Å². The zero-order valence-electron chi connectivity index (χ0n) is 15.0. The smallest absolute Gasteiger partial charge is 0.250 e. The maximum absolute atomic E-state index is 12.6. The molecule has 0 radical (unpaired) electrons. The van der Waals surface area contributed by atoms with Gasteiger partial charge in [-0.25, -0.2) is 13.1 Å². The van der Waals surface area contributed by atoms with E-state index in [1.165, 1.54) is 11.3 Å². The third-order valence-corrected chi connectivity index (χ3v) is 7.71. The molecule has 0 aromatic carbocycles. The molecule has 1 saturated carbocycles. The first-order chi connectivity index (χ1) is 11.8. The standard InChI is InChI=1S/C17H29N3O3S2/c1-13(2)11-15(21)19-10-7-14-5-6-16(24-14)25(22,23)20-17(12-18)8-3-4-9-17/h5-6,13,20H,3-4,7-12,18H2,1-2H3,(H,19,21). The molecule has 0 atom stereocenters. The van der Waals surface area contributed by atoms with E-state index < -0.39 is 15.6 Å². The quantitative estimate of drug-likeness (QED) is 0.603. The highest BCUT2D eigenvalue weighted by molar-refractivity contribution is 7.91. The van der Waals surface area contributed by atoms with Crippen LogP contribution in [-0.2, 0) is 21.2 Å². The average Bonchev–Trinajstić information content (AvgIpc) is 3.16. The Labute approximate surface area is 154 Å². The number of nitrogens with one attached hydrogen (secondary N) is 2. The predicted molar refractivity (Wildman–Crippen MR) is 101 cm³/mol. The molecule has 4 N–H and O–H groups in total. The lowest BCUT2D eigenvalue weighted by Crippen LogP contribution is -2.51. The third-order valence-electron chi connectivity index (χ3n) is 4.49. The zero-order valence-corrected chi connectivity index (χ0v) is 16.6. The third kappa shape index (κ3) is 5.77. The lowest BCUT2D eigenvalue weighted by Gasteiger charge is -2.27. The van der Waals surface area contributed by atoms with Crippen molar-refractivity contribution in [3.63, 3.8) is 0 Å². The van der Waals surface area contributed by atoms with Gasteiger partial charge in [-0.3, -0.25) is 4.79 Å². The van der Waals surface area contributed by atoms with Gasteiger partial charge in [-0.1, -0.05) is 26.7 Å². The van der Waals surface area contributed by atoms with Gasteiger partial charge in [0.15, 0.2) is 0 Å². The molecule has 6 nitrogen and oxygen atoms in total. The maximum atomic E-state index is 12.6. The molecule has 142 valence electrons. The number of rotatable bonds is 9. The van der Waals surface area contributed by atoms with Crippen LogP contribution in [0.25, 0.3) is 0 Å². The Hall–Kier alpha value is -0.960. The van der Waals surface area contributed by atoms with Crippen molar-refractivity contribution in [2.45, 2.75) is 62.1 Å². The van der Waals surface area contributed by atoms with Gasteiger partial charge in [0.1, 0.15) is 4.21 Å². The fourth-order valence-corrected chi connectivity index (χ4v) is 5.97. The second-order valence-corrected chi connectivity index (χ2v) is 10.3. The second kappa shape index (κ2) is 8.62. The van der Waals surface area contributed by atoms with Crippen molar-refractivity contribution in [2.75, 3.05) is 13.1 Å². The van der Waals surface area contributed by atoms with Gasteiger partial charge in [-0.15, -0.1) is 11.3 Å². The van der Waals surface area contributed by atoms with E-state index in [-0.39, 0.29) is 5.91 Å². The van der Waals surface area contributed by atoms with Crippen LogP contribution in [0.15, 0.2) is 16.3 Å². The lowest BCUT2D eigenvalue weighted by molar-refractivity contribution is -0.121. The highest BCUT2D eigenvalue weighted by Gasteiger charge is 2.37. The number of thiophene rings is 1. The molecule has 1 aromatic rings. The molecule has 1 aromatic heterocycles. The number of hydrogen-bond acceptors (Lipinski definition) is 5. The summed E-state index contributed by atoms with van der Waals surface area (Å²) in [7, 11) is -3.55. The predicted octanol–water partition coefficient (Wildman–Crippen LogP) is 2.00. The molecule has 0 unspecified atom stereocenters. The van der Waals surface area contributed by atoms with Gasteiger partial charge >= 0.3 is 0 Å². The first-order valence-corrected chi connectivity index (χ1v) is 11.2. The number of carbonyl (C=O) groups is 1. The second-order valence-electron chi connectivity index (χ2n) is 7.22. The van der Waals surface area contributed by atoms with E-state index in [1.54, 1.807) is 6.07 Å². The normalized spacial score (nSPS) is 17.1. The maximum Gasteiger partial charge on any atom is 0.250 e. The van der Waals surface area contributed by atoms with Crippen molar-refractivity contribution in [3.8, 4) is 0 Å². The van der Waals surface area contributed by atoms with Crippen LogP contribution in [0.3, 0.4) is 0 Å². The summed E-state index contributed by atoms with van der Waals surface area (Å²) in [5, 5.41) is 2.87. The zero-order chi connectivity index (χ0) is 18.5. The SMILES string of the molecule is CC(C)CC(=O)NCCc1ccc(S(=O)(=O)NC2(CN)CCCC2)s1. The van der Waals surface area contributed by atoms with Gasteiger partial charge in [-0.2, -0.15) is 0 Å². The average molecular weight is 388 g/mol. The van der Waals surface area contributed by atoms with E-state index in [4.69, 9.17) is 5.73 Å². The van der Waals surface area contributed by atoms with Gasteiger partial charge in [-0.05, 0) is 37.3 Å². The van der Waals surface area contributed by atoms with Gasteiger partial charge in [0.25, 0.3) is 10.0 Å². The summed E-state index contributed by atoms with van der Waals surface area (Å²) < 4.78 is 28.4. The largest absolute Gasteiger partial charge is 0.356 e. The Morgan fingerprint density at radius 2 is 2.00 bits per heavy atom. The van der Waals surface area contributed by atoms with Crippen LogP contribution in [0.4, 0.5) is 0 Å². The van der Waals surface area contributed by atoms with Crippen LogP contribution in [-0.4, -0.2) is 33.0 Å². The summed E-state index contributed by atoms with van der Waals surface area (Å²) in [4.78, 5) is 12.6. The minimum absolute atomic E-state index is 0.0344. The highest BCUT2D eigenvalue weighted by Crippen LogP contribution is 2.31. The molecular weight excluding hydrogens is 358 g/mol. The first kappa shape index (κ1) is 20.4. The minimum atomic E-state index is -3.55. The fourth-order valence-electron chi connectivity index (χ4n) is 3.14.